The SMILES string of the molecule is Clc1cccc2ccc(I)cc12. The van der Waals surface area contributed by atoms with E-state index in [2.05, 4.69) is 46.9 Å². The Morgan fingerprint density at radius 2 is 1.92 bits per heavy atom. The number of fused-ring (bicyclic) bond motifs is 1. The van der Waals surface area contributed by atoms with E-state index in [1.165, 1.54) is 8.96 Å². The van der Waals surface area contributed by atoms with E-state index in [1.807, 2.05) is 12.1 Å². The lowest BCUT2D eigenvalue weighted by Gasteiger charge is -1.99. The van der Waals surface area contributed by atoms with Gasteiger partial charge in [0, 0.05) is 14.0 Å². The van der Waals surface area contributed by atoms with Gasteiger partial charge in [-0.1, -0.05) is 29.8 Å². The maximum Gasteiger partial charge on any atom is 0.0484 e. The third-order valence-electron chi connectivity index (χ3n) is 1.79. The second-order valence-electron chi connectivity index (χ2n) is 2.61. The fourth-order valence-electron chi connectivity index (χ4n) is 1.21. The molecule has 0 saturated carbocycles. The maximum atomic E-state index is 6.03. The minimum absolute atomic E-state index is 0.825. The van der Waals surface area contributed by atoms with Crippen LogP contribution in [-0.4, -0.2) is 0 Å². The van der Waals surface area contributed by atoms with Crippen molar-refractivity contribution in [2.24, 2.45) is 0 Å². The molecule has 0 radical (unpaired) electrons. The molecule has 2 heteroatoms. The molecule has 0 unspecified atom stereocenters. The third-order valence-corrected chi connectivity index (χ3v) is 2.79. The van der Waals surface area contributed by atoms with E-state index in [0.29, 0.717) is 0 Å². The highest BCUT2D eigenvalue weighted by atomic mass is 127. The minimum atomic E-state index is 0.825. The number of hydrogen-bond acceptors (Lipinski definition) is 0. The number of benzene rings is 2. The van der Waals surface area contributed by atoms with Crippen LogP contribution >= 0.6 is 34.2 Å². The Morgan fingerprint density at radius 1 is 1.08 bits per heavy atom. The smallest absolute Gasteiger partial charge is 0.0484 e. The quantitative estimate of drug-likeness (QED) is 0.640. The molecule has 0 aliphatic heterocycles. The van der Waals surface area contributed by atoms with E-state index in [-0.39, 0.29) is 0 Å². The normalized spacial score (nSPS) is 10.5. The van der Waals surface area contributed by atoms with Crippen molar-refractivity contribution in [1.29, 1.82) is 0 Å². The number of rotatable bonds is 0. The first-order chi connectivity index (χ1) is 5.77. The van der Waals surface area contributed by atoms with E-state index in [4.69, 9.17) is 11.6 Å². The zero-order valence-electron chi connectivity index (χ0n) is 6.22. The molecule has 0 N–H and O–H groups in total. The van der Waals surface area contributed by atoms with Gasteiger partial charge in [-0.15, -0.1) is 0 Å². The summed E-state index contributed by atoms with van der Waals surface area (Å²) in [6.07, 6.45) is 0. The Labute approximate surface area is 89.7 Å². The Kier molecular flexibility index (Phi) is 2.24. The standard InChI is InChI=1S/C10H6ClI/c11-10-3-1-2-7-4-5-8(12)6-9(7)10/h1-6H. The van der Waals surface area contributed by atoms with Crippen molar-refractivity contribution < 1.29 is 0 Å². The van der Waals surface area contributed by atoms with Gasteiger partial charge >= 0.3 is 0 Å². The molecule has 0 heterocycles. The van der Waals surface area contributed by atoms with Gasteiger partial charge in [0.25, 0.3) is 0 Å². The van der Waals surface area contributed by atoms with E-state index >= 15 is 0 Å². The Morgan fingerprint density at radius 3 is 2.75 bits per heavy atom. The average molecular weight is 289 g/mol. The van der Waals surface area contributed by atoms with Gasteiger partial charge < -0.3 is 0 Å². The van der Waals surface area contributed by atoms with Gasteiger partial charge in [-0.05, 0) is 46.2 Å². The van der Waals surface area contributed by atoms with Gasteiger partial charge in [0.05, 0.1) is 0 Å². The van der Waals surface area contributed by atoms with Crippen molar-refractivity contribution in [2.45, 2.75) is 0 Å². The first-order valence-electron chi connectivity index (χ1n) is 3.61. The van der Waals surface area contributed by atoms with Crippen molar-refractivity contribution >= 4 is 45.0 Å². The summed E-state index contributed by atoms with van der Waals surface area (Å²) in [7, 11) is 0. The topological polar surface area (TPSA) is 0 Å². The van der Waals surface area contributed by atoms with Gasteiger partial charge in [0.15, 0.2) is 0 Å². The van der Waals surface area contributed by atoms with Crippen LogP contribution in [0.5, 0.6) is 0 Å². The first kappa shape index (κ1) is 8.32. The molecule has 12 heavy (non-hydrogen) atoms. The van der Waals surface area contributed by atoms with Gasteiger partial charge in [-0.2, -0.15) is 0 Å². The minimum Gasteiger partial charge on any atom is -0.0837 e. The van der Waals surface area contributed by atoms with Crippen LogP contribution < -0.4 is 0 Å². The van der Waals surface area contributed by atoms with Crippen molar-refractivity contribution in [2.75, 3.05) is 0 Å². The zero-order valence-corrected chi connectivity index (χ0v) is 9.13. The van der Waals surface area contributed by atoms with Crippen molar-refractivity contribution in [3.8, 4) is 0 Å². The Bertz CT molecular complexity index is 423. The molecule has 0 spiro atoms. The van der Waals surface area contributed by atoms with Crippen LogP contribution in [0.2, 0.25) is 5.02 Å². The molecular weight excluding hydrogens is 282 g/mol. The van der Waals surface area contributed by atoms with E-state index in [1.54, 1.807) is 0 Å². The molecule has 2 rings (SSSR count). The fourth-order valence-corrected chi connectivity index (χ4v) is 1.93. The molecule has 0 aliphatic rings. The van der Waals surface area contributed by atoms with Crippen LogP contribution in [0.3, 0.4) is 0 Å². The highest BCUT2D eigenvalue weighted by Crippen LogP contribution is 2.24. The highest BCUT2D eigenvalue weighted by molar-refractivity contribution is 14.1. The number of hydrogen-bond donors (Lipinski definition) is 0. The van der Waals surface area contributed by atoms with Crippen molar-refractivity contribution in [3.63, 3.8) is 0 Å². The summed E-state index contributed by atoms with van der Waals surface area (Å²) >= 11 is 8.31. The summed E-state index contributed by atoms with van der Waals surface area (Å²) in [5.41, 5.74) is 0. The van der Waals surface area contributed by atoms with Gasteiger partial charge in [-0.25, -0.2) is 0 Å². The molecule has 0 saturated heterocycles. The van der Waals surface area contributed by atoms with Gasteiger partial charge in [-0.3, -0.25) is 0 Å². The molecule has 60 valence electrons. The van der Waals surface area contributed by atoms with Crippen LogP contribution in [0.4, 0.5) is 0 Å². The monoisotopic (exact) mass is 288 g/mol. The lowest BCUT2D eigenvalue weighted by atomic mass is 10.1. The second kappa shape index (κ2) is 3.23. The maximum absolute atomic E-state index is 6.03. The van der Waals surface area contributed by atoms with Crippen LogP contribution in [0.1, 0.15) is 0 Å². The predicted octanol–water partition coefficient (Wildman–Crippen LogP) is 4.10. The van der Waals surface area contributed by atoms with E-state index in [0.717, 1.165) is 10.4 Å². The summed E-state index contributed by atoms with van der Waals surface area (Å²) in [5, 5.41) is 3.15. The summed E-state index contributed by atoms with van der Waals surface area (Å²) in [4.78, 5) is 0. The molecule has 0 atom stereocenters. The fraction of sp³-hybridized carbons (Fsp3) is 0. The zero-order chi connectivity index (χ0) is 8.55. The van der Waals surface area contributed by atoms with E-state index < -0.39 is 0 Å². The molecular formula is C10H6ClI. The van der Waals surface area contributed by atoms with Crippen molar-refractivity contribution in [1.82, 2.24) is 0 Å². The molecule has 0 amide bonds. The van der Waals surface area contributed by atoms with Gasteiger partial charge in [0.1, 0.15) is 0 Å². The third kappa shape index (κ3) is 1.43. The molecule has 0 nitrogen and oxygen atoms in total. The second-order valence-corrected chi connectivity index (χ2v) is 4.26. The van der Waals surface area contributed by atoms with E-state index in [9.17, 15) is 0 Å². The van der Waals surface area contributed by atoms with Gasteiger partial charge in [0.2, 0.25) is 0 Å². The lowest BCUT2D eigenvalue weighted by molar-refractivity contribution is 1.70. The molecule has 0 bridgehead atoms. The van der Waals surface area contributed by atoms with Crippen LogP contribution in [0, 0.1) is 3.57 Å². The molecule has 0 fully saturated rings. The summed E-state index contributed by atoms with van der Waals surface area (Å²) in [6, 6.07) is 12.2. The summed E-state index contributed by atoms with van der Waals surface area (Å²) < 4.78 is 1.22. The predicted molar refractivity (Wildman–Crippen MR) is 61.7 cm³/mol. The first-order valence-corrected chi connectivity index (χ1v) is 5.07. The summed E-state index contributed by atoms with van der Waals surface area (Å²) in [5.74, 6) is 0. The molecule has 0 aliphatic carbocycles. The Balaban J connectivity index is 2.88. The van der Waals surface area contributed by atoms with Crippen LogP contribution in [-0.2, 0) is 0 Å². The summed E-state index contributed by atoms with van der Waals surface area (Å²) in [6.45, 7) is 0. The average Bonchev–Trinajstić information content (AvgIpc) is 2.07. The van der Waals surface area contributed by atoms with Crippen molar-refractivity contribution in [3.05, 3.63) is 45.0 Å². The molecule has 2 aromatic rings. The molecule has 0 aromatic heterocycles. The number of halogens is 2. The molecule has 2 aromatic carbocycles. The van der Waals surface area contributed by atoms with Crippen LogP contribution in [0.15, 0.2) is 36.4 Å². The van der Waals surface area contributed by atoms with Crippen LogP contribution in [0.25, 0.3) is 10.8 Å². The highest BCUT2D eigenvalue weighted by Gasteiger charge is 1.97. The lowest BCUT2D eigenvalue weighted by Crippen LogP contribution is -1.75. The Hall–Kier alpha value is -0.280. The largest absolute Gasteiger partial charge is 0.0837 e.